The third-order valence-electron chi connectivity index (χ3n) is 8.10. The molecule has 0 bridgehead atoms. The lowest BCUT2D eigenvalue weighted by molar-refractivity contribution is -0.0603. The summed E-state index contributed by atoms with van der Waals surface area (Å²) in [7, 11) is -8.77. The fourth-order valence-electron chi connectivity index (χ4n) is 3.76. The van der Waals surface area contributed by atoms with Crippen molar-refractivity contribution in [2.75, 3.05) is 6.61 Å². The summed E-state index contributed by atoms with van der Waals surface area (Å²) in [6.07, 6.45) is -0.965. The van der Waals surface area contributed by atoms with Crippen LogP contribution in [-0.4, -0.2) is 64.5 Å². The fraction of sp³-hybridized carbons (Fsp3) is 0.818. The summed E-state index contributed by atoms with van der Waals surface area (Å²) < 4.78 is 53.0. The van der Waals surface area contributed by atoms with E-state index in [1.807, 2.05) is 0 Å². The Morgan fingerprint density at radius 1 is 1.14 bits per heavy atom. The Hall–Kier alpha value is -0.616. The molecule has 10 nitrogen and oxygen atoms in total. The van der Waals surface area contributed by atoms with E-state index in [4.69, 9.17) is 23.5 Å². The number of aromatic nitrogens is 3. The van der Waals surface area contributed by atoms with Crippen LogP contribution >= 0.6 is 15.9 Å². The lowest BCUT2D eigenvalue weighted by atomic mass is 9.89. The number of nitrogens with zero attached hydrogens (tertiary/aromatic N) is 3. The maximum Gasteiger partial charge on any atom is 0.292 e. The Labute approximate surface area is 225 Å². The highest BCUT2D eigenvalue weighted by Crippen LogP contribution is 2.52. The van der Waals surface area contributed by atoms with Gasteiger partial charge in [-0.2, -0.15) is 8.42 Å². The molecule has 36 heavy (non-hydrogen) atoms. The molecule has 3 rings (SSSR count). The molecule has 1 unspecified atom stereocenters. The Bertz CT molecular complexity index is 1110. The van der Waals surface area contributed by atoms with Crippen LogP contribution in [0.25, 0.3) is 0 Å². The third kappa shape index (κ3) is 5.29. The molecule has 1 aromatic heterocycles. The number of nitrogens with two attached hydrogens (primary N) is 1. The van der Waals surface area contributed by atoms with Crippen molar-refractivity contribution in [3.05, 3.63) is 23.0 Å². The van der Waals surface area contributed by atoms with Crippen LogP contribution in [0.15, 0.2) is 17.3 Å². The van der Waals surface area contributed by atoms with Gasteiger partial charge in [-0.25, -0.2) is 8.86 Å². The topological polar surface area (TPSA) is 128 Å². The molecule has 3 heterocycles. The maximum atomic E-state index is 12.8. The normalized spacial score (nSPS) is 29.2. The van der Waals surface area contributed by atoms with Crippen molar-refractivity contribution in [2.24, 2.45) is 5.73 Å². The summed E-state index contributed by atoms with van der Waals surface area (Å²) in [5.74, 6) is 0. The second kappa shape index (κ2) is 9.54. The quantitative estimate of drug-likeness (QED) is 0.267. The first-order valence-electron chi connectivity index (χ1n) is 12.0. The van der Waals surface area contributed by atoms with E-state index < -0.39 is 50.8 Å². The van der Waals surface area contributed by atoms with Crippen LogP contribution in [0.4, 0.5) is 0 Å². The lowest BCUT2D eigenvalue weighted by Crippen LogP contribution is -2.59. The predicted molar refractivity (Wildman–Crippen MR) is 147 cm³/mol. The molecule has 2 aliphatic heterocycles. The molecule has 1 spiro atoms. The van der Waals surface area contributed by atoms with E-state index in [9.17, 15) is 8.42 Å². The average Bonchev–Trinajstić information content (AvgIpc) is 3.34. The average molecular weight is 626 g/mol. The molecule has 2 aliphatic rings. The van der Waals surface area contributed by atoms with Gasteiger partial charge in [0.1, 0.15) is 12.2 Å². The Morgan fingerprint density at radius 3 is 2.19 bits per heavy atom. The Kier molecular flexibility index (Phi) is 7.93. The monoisotopic (exact) mass is 624 g/mol. The summed E-state index contributed by atoms with van der Waals surface area (Å²) in [5.41, 5.74) is 5.67. The van der Waals surface area contributed by atoms with Gasteiger partial charge >= 0.3 is 0 Å². The largest absolute Gasteiger partial charge is 0.414 e. The summed E-state index contributed by atoms with van der Waals surface area (Å²) in [6, 6.07) is 0. The second-order valence-corrected chi connectivity index (χ2v) is 24.1. The van der Waals surface area contributed by atoms with E-state index in [0.29, 0.717) is 5.33 Å². The van der Waals surface area contributed by atoms with Crippen LogP contribution < -0.4 is 5.73 Å². The number of hydrogen-bond donors (Lipinski definition) is 1. The standard InChI is InChI=1S/C22H41BrN4O6SSi2/c1-20(2,3)35(7,8)30-13-17-22(16(24)14-34(28,29)33-22)18(32-36(9,10)21(4,5)6)19(31-17)27-15(11-23)12-25-26-27/h12,14,17-19H,11,13,24H2,1-10H3/t17-,18+,19-,22?/m1/s1. The first kappa shape index (κ1) is 29.9. The van der Waals surface area contributed by atoms with E-state index in [1.165, 1.54) is 0 Å². The smallest absolute Gasteiger partial charge is 0.292 e. The molecular weight excluding hydrogens is 584 g/mol. The zero-order chi connectivity index (χ0) is 27.5. The molecule has 0 saturated carbocycles. The minimum Gasteiger partial charge on any atom is -0.414 e. The highest BCUT2D eigenvalue weighted by molar-refractivity contribution is 9.08. The zero-order valence-electron chi connectivity index (χ0n) is 23.0. The molecule has 1 saturated heterocycles. The SMILES string of the molecule is CC(C)(C)[Si](C)(C)OC[C@H]1O[C@@H](n2nncc2CBr)[C@H](O[Si](C)(C)C(C)(C)C)C12OS(=O)(=O)C=C2N. The number of alkyl halides is 1. The summed E-state index contributed by atoms with van der Waals surface area (Å²) in [6.45, 7) is 21.3. The van der Waals surface area contributed by atoms with Crippen molar-refractivity contribution in [3.8, 4) is 0 Å². The third-order valence-corrected chi connectivity index (χ3v) is 18.7. The van der Waals surface area contributed by atoms with Crippen LogP contribution in [0.1, 0.15) is 53.5 Å². The lowest BCUT2D eigenvalue weighted by Gasteiger charge is -2.43. The first-order valence-corrected chi connectivity index (χ1v) is 20.4. The van der Waals surface area contributed by atoms with Crippen molar-refractivity contribution in [1.82, 2.24) is 15.0 Å². The van der Waals surface area contributed by atoms with Gasteiger partial charge in [0.05, 0.1) is 29.6 Å². The molecule has 14 heteroatoms. The van der Waals surface area contributed by atoms with Gasteiger partial charge in [0.2, 0.25) is 0 Å². The van der Waals surface area contributed by atoms with E-state index in [2.05, 4.69) is 94.0 Å². The van der Waals surface area contributed by atoms with Crippen molar-refractivity contribution < 1.29 is 26.2 Å². The molecule has 1 fully saturated rings. The van der Waals surface area contributed by atoms with E-state index in [-0.39, 0.29) is 22.4 Å². The minimum atomic E-state index is -4.06. The van der Waals surface area contributed by atoms with Gasteiger partial charge in [0, 0.05) is 5.33 Å². The molecule has 2 N–H and O–H groups in total. The molecule has 0 aromatic carbocycles. The van der Waals surface area contributed by atoms with Gasteiger partial charge in [-0.15, -0.1) is 5.10 Å². The number of ether oxygens (including phenoxy) is 1. The predicted octanol–water partition coefficient (Wildman–Crippen LogP) is 4.38. The van der Waals surface area contributed by atoms with Gasteiger partial charge in [-0.3, -0.25) is 0 Å². The van der Waals surface area contributed by atoms with Crippen LogP contribution in [-0.2, 0) is 33.2 Å². The van der Waals surface area contributed by atoms with Gasteiger partial charge in [-0.1, -0.05) is 62.7 Å². The highest BCUT2D eigenvalue weighted by atomic mass is 79.9. The Balaban J connectivity index is 2.16. The highest BCUT2D eigenvalue weighted by Gasteiger charge is 2.67. The Morgan fingerprint density at radius 2 is 1.72 bits per heavy atom. The summed E-state index contributed by atoms with van der Waals surface area (Å²) in [4.78, 5) is 0. The molecule has 0 aliphatic carbocycles. The zero-order valence-corrected chi connectivity index (χ0v) is 27.4. The fourth-order valence-corrected chi connectivity index (χ4v) is 7.67. The maximum absolute atomic E-state index is 12.8. The molecule has 0 radical (unpaired) electrons. The van der Waals surface area contributed by atoms with Crippen molar-refractivity contribution in [1.29, 1.82) is 0 Å². The van der Waals surface area contributed by atoms with Crippen LogP contribution in [0.5, 0.6) is 0 Å². The van der Waals surface area contributed by atoms with Crippen LogP contribution in [0.2, 0.25) is 36.3 Å². The van der Waals surface area contributed by atoms with Crippen molar-refractivity contribution >= 4 is 42.7 Å². The van der Waals surface area contributed by atoms with Gasteiger partial charge in [-0.05, 0) is 36.3 Å². The number of halogens is 1. The van der Waals surface area contributed by atoms with E-state index in [1.54, 1.807) is 10.9 Å². The van der Waals surface area contributed by atoms with E-state index in [0.717, 1.165) is 11.1 Å². The second-order valence-electron chi connectivity index (χ2n) is 12.6. The van der Waals surface area contributed by atoms with Gasteiger partial charge in [0.15, 0.2) is 28.5 Å². The van der Waals surface area contributed by atoms with Gasteiger partial charge < -0.3 is 19.3 Å². The van der Waals surface area contributed by atoms with Crippen LogP contribution in [0.3, 0.4) is 0 Å². The van der Waals surface area contributed by atoms with Crippen LogP contribution in [0, 0.1) is 0 Å². The molecule has 0 amide bonds. The number of rotatable bonds is 7. The summed E-state index contributed by atoms with van der Waals surface area (Å²) >= 11 is 3.48. The number of hydrogen-bond acceptors (Lipinski definition) is 9. The van der Waals surface area contributed by atoms with Gasteiger partial charge in [0.25, 0.3) is 10.1 Å². The van der Waals surface area contributed by atoms with Crippen molar-refractivity contribution in [2.45, 2.75) is 107 Å². The van der Waals surface area contributed by atoms with E-state index >= 15 is 0 Å². The first-order chi connectivity index (χ1) is 16.2. The minimum absolute atomic E-state index is 0.0399. The molecular formula is C22H41BrN4O6SSi2. The molecule has 206 valence electrons. The molecule has 1 aromatic rings. The van der Waals surface area contributed by atoms with Crippen molar-refractivity contribution in [3.63, 3.8) is 0 Å². The molecule has 4 atom stereocenters. The summed E-state index contributed by atoms with van der Waals surface area (Å²) in [5, 5.41) is 9.51.